The summed E-state index contributed by atoms with van der Waals surface area (Å²) < 4.78 is 44.5. The van der Waals surface area contributed by atoms with Gasteiger partial charge in [-0.15, -0.1) is 0 Å². The highest BCUT2D eigenvalue weighted by Crippen LogP contribution is 2.46. The molecule has 2 aliphatic rings. The lowest BCUT2D eigenvalue weighted by molar-refractivity contribution is -0.145. The largest absolute Gasteiger partial charge is 0.444 e. The normalized spacial score (nSPS) is 23.9. The molecule has 34 heavy (non-hydrogen) atoms. The van der Waals surface area contributed by atoms with Gasteiger partial charge in [0.25, 0.3) is 0 Å². The van der Waals surface area contributed by atoms with Crippen molar-refractivity contribution in [1.29, 1.82) is 0 Å². The molecule has 2 fully saturated rings. The number of anilines is 1. The number of piperazine rings is 1. The molecule has 0 aromatic carbocycles. The molecule has 1 aliphatic heterocycles. The van der Waals surface area contributed by atoms with Crippen LogP contribution in [0.5, 0.6) is 0 Å². The minimum Gasteiger partial charge on any atom is -0.444 e. The van der Waals surface area contributed by atoms with Crippen LogP contribution in [0.3, 0.4) is 0 Å². The van der Waals surface area contributed by atoms with Crippen LogP contribution in [-0.2, 0) is 15.7 Å². The van der Waals surface area contributed by atoms with Crippen molar-refractivity contribution in [3.05, 3.63) is 24.0 Å². The monoisotopic (exact) mass is 484 g/mol. The van der Waals surface area contributed by atoms with E-state index in [0.29, 0.717) is 51.1 Å². The fourth-order valence-electron chi connectivity index (χ4n) is 4.88. The van der Waals surface area contributed by atoms with Crippen LogP contribution in [0.4, 0.5) is 23.7 Å². The quantitative estimate of drug-likeness (QED) is 0.683. The van der Waals surface area contributed by atoms with Crippen molar-refractivity contribution in [3.8, 4) is 0 Å². The van der Waals surface area contributed by atoms with Gasteiger partial charge in [-0.3, -0.25) is 9.78 Å². The number of amides is 2. The first kappa shape index (κ1) is 26.1. The standard InChI is InChI=1S/C24H35F3N4O3/c1-16(2)23(7-6-18(13-23)29-21(33)34-22(3,4)5)20(32)31-10-8-30(9-11-31)19-12-17(14-28-15-19)24(25,26)27/h12,14-16,18H,6-11,13H2,1-5H3,(H,29,33)/t18?,23-/m0/s1. The second-order valence-electron chi connectivity index (χ2n) is 10.6. The Balaban J connectivity index is 1.63. The summed E-state index contributed by atoms with van der Waals surface area (Å²) in [6, 6.07) is 0.961. The number of nitrogens with zero attached hydrogens (tertiary/aromatic N) is 3. The van der Waals surface area contributed by atoms with Gasteiger partial charge in [-0.2, -0.15) is 13.2 Å². The molecule has 0 radical (unpaired) electrons. The molecule has 0 spiro atoms. The first-order chi connectivity index (χ1) is 15.7. The smallest absolute Gasteiger partial charge is 0.417 e. The number of alkyl halides is 3. The number of carbonyl (C=O) groups excluding carboxylic acids is 2. The Morgan fingerprint density at radius 2 is 1.79 bits per heavy atom. The number of alkyl carbamates (subject to hydrolysis) is 1. The van der Waals surface area contributed by atoms with Crippen LogP contribution >= 0.6 is 0 Å². The Labute approximate surface area is 199 Å². The lowest BCUT2D eigenvalue weighted by atomic mass is 9.74. The van der Waals surface area contributed by atoms with E-state index >= 15 is 0 Å². The molecule has 190 valence electrons. The molecule has 1 aliphatic carbocycles. The molecule has 1 saturated heterocycles. The third kappa shape index (κ3) is 5.93. The van der Waals surface area contributed by atoms with Crippen molar-refractivity contribution >= 4 is 17.7 Å². The molecular weight excluding hydrogens is 449 g/mol. The predicted molar refractivity (Wildman–Crippen MR) is 122 cm³/mol. The van der Waals surface area contributed by atoms with Crippen molar-refractivity contribution in [2.45, 2.75) is 71.7 Å². The van der Waals surface area contributed by atoms with Gasteiger partial charge < -0.3 is 19.9 Å². The van der Waals surface area contributed by atoms with Crippen LogP contribution in [0.1, 0.15) is 59.4 Å². The number of halogens is 3. The molecule has 10 heteroatoms. The van der Waals surface area contributed by atoms with Crippen LogP contribution in [-0.4, -0.2) is 59.7 Å². The van der Waals surface area contributed by atoms with Crippen molar-refractivity contribution in [1.82, 2.24) is 15.2 Å². The van der Waals surface area contributed by atoms with Crippen molar-refractivity contribution < 1.29 is 27.5 Å². The lowest BCUT2D eigenvalue weighted by Gasteiger charge is -2.42. The van der Waals surface area contributed by atoms with Crippen LogP contribution in [0.2, 0.25) is 0 Å². The second kappa shape index (κ2) is 9.62. The van der Waals surface area contributed by atoms with E-state index in [1.165, 1.54) is 6.20 Å². The van der Waals surface area contributed by atoms with Gasteiger partial charge in [0.1, 0.15) is 5.60 Å². The number of hydrogen-bond donors (Lipinski definition) is 1. The Morgan fingerprint density at radius 1 is 1.15 bits per heavy atom. The van der Waals surface area contributed by atoms with Gasteiger partial charge in [0.15, 0.2) is 0 Å². The van der Waals surface area contributed by atoms with Gasteiger partial charge in [-0.25, -0.2) is 4.79 Å². The Morgan fingerprint density at radius 3 is 2.35 bits per heavy atom. The SMILES string of the molecule is CC(C)[C@]1(C(=O)N2CCN(c3cncc(C(F)(F)F)c3)CC2)CCC(NC(=O)OC(C)(C)C)C1. The van der Waals surface area contributed by atoms with Crippen LogP contribution in [0, 0.1) is 11.3 Å². The number of ether oxygens (including phenoxy) is 1. The van der Waals surface area contributed by atoms with Crippen LogP contribution in [0.15, 0.2) is 18.5 Å². The molecule has 3 rings (SSSR count). The van der Waals surface area contributed by atoms with E-state index in [1.54, 1.807) is 20.8 Å². The zero-order valence-electron chi connectivity index (χ0n) is 20.5. The molecule has 2 amide bonds. The average Bonchev–Trinajstić information content (AvgIpc) is 3.16. The average molecular weight is 485 g/mol. The van der Waals surface area contributed by atoms with E-state index in [-0.39, 0.29) is 17.9 Å². The van der Waals surface area contributed by atoms with E-state index < -0.39 is 28.8 Å². The van der Waals surface area contributed by atoms with Gasteiger partial charge in [-0.1, -0.05) is 13.8 Å². The van der Waals surface area contributed by atoms with Gasteiger partial charge in [0.2, 0.25) is 5.91 Å². The first-order valence-electron chi connectivity index (χ1n) is 11.8. The van der Waals surface area contributed by atoms with Crippen LogP contribution < -0.4 is 10.2 Å². The fraction of sp³-hybridized carbons (Fsp3) is 0.708. The summed E-state index contributed by atoms with van der Waals surface area (Å²) in [6.45, 7) is 11.2. The highest BCUT2D eigenvalue weighted by Gasteiger charge is 2.50. The number of nitrogens with one attached hydrogen (secondary N) is 1. The maximum absolute atomic E-state index is 13.7. The van der Waals surface area contributed by atoms with E-state index in [2.05, 4.69) is 10.3 Å². The van der Waals surface area contributed by atoms with Gasteiger partial charge in [0, 0.05) is 38.4 Å². The van der Waals surface area contributed by atoms with Crippen molar-refractivity contribution in [2.75, 3.05) is 31.1 Å². The summed E-state index contributed by atoms with van der Waals surface area (Å²) in [5.74, 6) is 0.133. The Hall–Kier alpha value is -2.52. The van der Waals surface area contributed by atoms with Crippen LogP contribution in [0.25, 0.3) is 0 Å². The summed E-state index contributed by atoms with van der Waals surface area (Å²) >= 11 is 0. The van der Waals surface area contributed by atoms with Gasteiger partial charge >= 0.3 is 12.3 Å². The summed E-state index contributed by atoms with van der Waals surface area (Å²) in [5.41, 5.74) is -1.55. The number of pyridine rings is 1. The lowest BCUT2D eigenvalue weighted by Crippen LogP contribution is -2.54. The molecular formula is C24H35F3N4O3. The predicted octanol–water partition coefficient (Wildman–Crippen LogP) is 4.47. The summed E-state index contributed by atoms with van der Waals surface area (Å²) in [6.07, 6.45) is -0.783. The molecule has 1 aromatic rings. The van der Waals surface area contributed by atoms with E-state index in [1.807, 2.05) is 23.6 Å². The molecule has 1 saturated carbocycles. The zero-order valence-corrected chi connectivity index (χ0v) is 20.5. The molecule has 2 heterocycles. The second-order valence-corrected chi connectivity index (χ2v) is 10.6. The summed E-state index contributed by atoms with van der Waals surface area (Å²) in [4.78, 5) is 33.3. The number of hydrogen-bond acceptors (Lipinski definition) is 5. The topological polar surface area (TPSA) is 74.8 Å². The molecule has 1 unspecified atom stereocenters. The minimum atomic E-state index is -4.45. The van der Waals surface area contributed by atoms with Gasteiger partial charge in [0.05, 0.1) is 22.9 Å². The van der Waals surface area contributed by atoms with Gasteiger partial charge in [-0.05, 0) is 52.0 Å². The first-order valence-corrected chi connectivity index (χ1v) is 11.8. The fourth-order valence-corrected chi connectivity index (χ4v) is 4.88. The maximum atomic E-state index is 13.7. The highest BCUT2D eigenvalue weighted by atomic mass is 19.4. The Bertz CT molecular complexity index is 892. The minimum absolute atomic E-state index is 0.0535. The third-order valence-electron chi connectivity index (χ3n) is 6.78. The zero-order chi connectivity index (χ0) is 25.3. The number of carbonyl (C=O) groups is 2. The molecule has 1 N–H and O–H groups in total. The van der Waals surface area contributed by atoms with Crippen molar-refractivity contribution in [3.63, 3.8) is 0 Å². The molecule has 0 bridgehead atoms. The highest BCUT2D eigenvalue weighted by molar-refractivity contribution is 5.84. The number of aromatic nitrogens is 1. The number of rotatable bonds is 4. The Kier molecular flexibility index (Phi) is 7.38. The third-order valence-corrected chi connectivity index (χ3v) is 6.78. The van der Waals surface area contributed by atoms with Crippen molar-refractivity contribution in [2.24, 2.45) is 11.3 Å². The molecule has 7 nitrogen and oxygen atoms in total. The van der Waals surface area contributed by atoms with E-state index in [0.717, 1.165) is 12.3 Å². The summed E-state index contributed by atoms with van der Waals surface area (Å²) in [7, 11) is 0. The van der Waals surface area contributed by atoms with E-state index in [9.17, 15) is 22.8 Å². The van der Waals surface area contributed by atoms with E-state index in [4.69, 9.17) is 4.74 Å². The molecule has 2 atom stereocenters. The summed E-state index contributed by atoms with van der Waals surface area (Å²) in [5, 5.41) is 2.91. The maximum Gasteiger partial charge on any atom is 0.417 e. The molecule has 1 aromatic heterocycles.